The van der Waals surface area contributed by atoms with Crippen molar-refractivity contribution in [2.75, 3.05) is 11.9 Å². The highest BCUT2D eigenvalue weighted by Crippen LogP contribution is 2.13. The van der Waals surface area contributed by atoms with Gasteiger partial charge in [-0.2, -0.15) is 10.2 Å². The van der Waals surface area contributed by atoms with Crippen LogP contribution in [0.1, 0.15) is 18.2 Å². The van der Waals surface area contributed by atoms with E-state index in [2.05, 4.69) is 20.8 Å². The fourth-order valence-corrected chi connectivity index (χ4v) is 2.53. The third kappa shape index (κ3) is 4.15. The summed E-state index contributed by atoms with van der Waals surface area (Å²) >= 11 is 0. The van der Waals surface area contributed by atoms with Crippen molar-refractivity contribution in [3.8, 4) is 5.69 Å². The monoisotopic (exact) mass is 352 g/mol. The maximum absolute atomic E-state index is 12.2. The van der Waals surface area contributed by atoms with E-state index < -0.39 is 0 Å². The van der Waals surface area contributed by atoms with Crippen LogP contribution in [0.25, 0.3) is 5.69 Å². The van der Waals surface area contributed by atoms with E-state index in [4.69, 9.17) is 0 Å². The zero-order chi connectivity index (χ0) is 18.5. The Morgan fingerprint density at radius 3 is 2.85 bits per heavy atom. The summed E-state index contributed by atoms with van der Waals surface area (Å²) in [6.45, 7) is 2.40. The molecule has 1 aromatic carbocycles. The molecular formula is C18H20N6O2. The van der Waals surface area contributed by atoms with E-state index >= 15 is 0 Å². The number of carbonyl (C=O) groups is 1. The Hall–Kier alpha value is -3.42. The molecule has 0 unspecified atom stereocenters. The molecule has 2 N–H and O–H groups in total. The van der Waals surface area contributed by atoms with Crippen LogP contribution in [-0.2, 0) is 13.5 Å². The van der Waals surface area contributed by atoms with Crippen LogP contribution in [0.15, 0.2) is 53.7 Å². The molecule has 26 heavy (non-hydrogen) atoms. The number of nitrogens with one attached hydrogen (secondary N) is 2. The zero-order valence-electron chi connectivity index (χ0n) is 14.6. The molecule has 0 bridgehead atoms. The van der Waals surface area contributed by atoms with Gasteiger partial charge in [0.05, 0.1) is 12.4 Å². The first kappa shape index (κ1) is 17.4. The molecule has 0 spiro atoms. The second-order valence-electron chi connectivity index (χ2n) is 5.81. The highest BCUT2D eigenvalue weighted by atomic mass is 16.2. The molecule has 0 aliphatic heterocycles. The number of nitrogens with zero attached hydrogens (tertiary/aromatic N) is 4. The number of anilines is 1. The van der Waals surface area contributed by atoms with Gasteiger partial charge in [-0.25, -0.2) is 9.48 Å². The number of hydrogen-bond donors (Lipinski definition) is 2. The van der Waals surface area contributed by atoms with Gasteiger partial charge in [-0.05, 0) is 24.6 Å². The van der Waals surface area contributed by atoms with Crippen LogP contribution >= 0.6 is 0 Å². The van der Waals surface area contributed by atoms with Gasteiger partial charge in [0.1, 0.15) is 11.4 Å². The molecule has 0 aliphatic rings. The van der Waals surface area contributed by atoms with Gasteiger partial charge in [0.2, 0.25) is 5.43 Å². The Morgan fingerprint density at radius 2 is 2.12 bits per heavy atom. The molecule has 0 saturated heterocycles. The second kappa shape index (κ2) is 7.64. The Kier molecular flexibility index (Phi) is 5.12. The standard InChI is InChI=1S/C18H20N6O2/c1-3-19-18(26)21-14-6-4-5-13(9-14)10-16-17(25)7-8-24(22-16)15-11-20-23(2)12-15/h4-9,11-12H,3,10H2,1-2H3,(H2,19,21,26). The first-order valence-corrected chi connectivity index (χ1v) is 8.27. The lowest BCUT2D eigenvalue weighted by molar-refractivity contribution is 0.252. The topological polar surface area (TPSA) is 93.8 Å². The quantitative estimate of drug-likeness (QED) is 0.731. The average Bonchev–Trinajstić information content (AvgIpc) is 3.04. The summed E-state index contributed by atoms with van der Waals surface area (Å²) in [5, 5.41) is 14.0. The van der Waals surface area contributed by atoms with Crippen molar-refractivity contribution in [1.82, 2.24) is 24.9 Å². The molecule has 3 aromatic rings. The molecule has 2 amide bonds. The highest BCUT2D eigenvalue weighted by molar-refractivity contribution is 5.89. The number of aryl methyl sites for hydroxylation is 1. The molecule has 0 atom stereocenters. The third-order valence-electron chi connectivity index (χ3n) is 3.73. The Morgan fingerprint density at radius 1 is 1.27 bits per heavy atom. The van der Waals surface area contributed by atoms with Gasteiger partial charge >= 0.3 is 6.03 Å². The fraction of sp³-hybridized carbons (Fsp3) is 0.222. The summed E-state index contributed by atoms with van der Waals surface area (Å²) in [7, 11) is 1.82. The van der Waals surface area contributed by atoms with Crippen molar-refractivity contribution >= 4 is 11.7 Å². The normalized spacial score (nSPS) is 10.5. The number of aromatic nitrogens is 4. The summed E-state index contributed by atoms with van der Waals surface area (Å²) < 4.78 is 3.30. The van der Waals surface area contributed by atoms with Gasteiger partial charge in [-0.1, -0.05) is 12.1 Å². The van der Waals surface area contributed by atoms with Gasteiger partial charge in [0.25, 0.3) is 0 Å². The van der Waals surface area contributed by atoms with E-state index in [1.807, 2.05) is 38.4 Å². The molecule has 8 nitrogen and oxygen atoms in total. The number of benzene rings is 1. The van der Waals surface area contributed by atoms with Gasteiger partial charge in [0, 0.05) is 38.0 Å². The Balaban J connectivity index is 1.82. The summed E-state index contributed by atoms with van der Waals surface area (Å²) in [5.74, 6) is 0. The van der Waals surface area contributed by atoms with Crippen LogP contribution in [0.5, 0.6) is 0 Å². The summed E-state index contributed by atoms with van der Waals surface area (Å²) in [6.07, 6.45) is 5.48. The van der Waals surface area contributed by atoms with Crippen LogP contribution in [0.2, 0.25) is 0 Å². The molecule has 0 saturated carbocycles. The Bertz CT molecular complexity index is 976. The molecule has 3 rings (SSSR count). The van der Waals surface area contributed by atoms with Crippen molar-refractivity contribution in [1.29, 1.82) is 0 Å². The molecule has 0 radical (unpaired) electrons. The van der Waals surface area contributed by atoms with E-state index in [9.17, 15) is 9.59 Å². The van der Waals surface area contributed by atoms with E-state index in [1.54, 1.807) is 27.8 Å². The highest BCUT2D eigenvalue weighted by Gasteiger charge is 2.08. The minimum Gasteiger partial charge on any atom is -0.338 e. The van der Waals surface area contributed by atoms with Gasteiger partial charge in [0.15, 0.2) is 0 Å². The Labute approximate surface area is 150 Å². The minimum atomic E-state index is -0.263. The van der Waals surface area contributed by atoms with Crippen LogP contribution in [-0.4, -0.2) is 32.1 Å². The molecule has 2 heterocycles. The third-order valence-corrected chi connectivity index (χ3v) is 3.73. The first-order chi connectivity index (χ1) is 12.5. The average molecular weight is 352 g/mol. The maximum Gasteiger partial charge on any atom is 0.319 e. The lowest BCUT2D eigenvalue weighted by Gasteiger charge is -2.08. The zero-order valence-corrected chi connectivity index (χ0v) is 14.6. The lowest BCUT2D eigenvalue weighted by atomic mass is 10.1. The molecule has 0 aliphatic carbocycles. The van der Waals surface area contributed by atoms with Crippen LogP contribution < -0.4 is 16.1 Å². The first-order valence-electron chi connectivity index (χ1n) is 8.27. The van der Waals surface area contributed by atoms with E-state index in [0.29, 0.717) is 24.3 Å². The maximum atomic E-state index is 12.2. The van der Waals surface area contributed by atoms with E-state index in [-0.39, 0.29) is 11.5 Å². The summed E-state index contributed by atoms with van der Waals surface area (Å²) in [6, 6.07) is 8.58. The fourth-order valence-electron chi connectivity index (χ4n) is 2.53. The van der Waals surface area contributed by atoms with Gasteiger partial charge in [-0.15, -0.1) is 0 Å². The van der Waals surface area contributed by atoms with Crippen molar-refractivity contribution in [2.45, 2.75) is 13.3 Å². The van der Waals surface area contributed by atoms with Crippen molar-refractivity contribution in [3.63, 3.8) is 0 Å². The largest absolute Gasteiger partial charge is 0.338 e. The van der Waals surface area contributed by atoms with Crippen LogP contribution in [0, 0.1) is 0 Å². The predicted molar refractivity (Wildman–Crippen MR) is 98.5 cm³/mol. The molecule has 2 aromatic heterocycles. The number of hydrogen-bond acceptors (Lipinski definition) is 4. The number of amides is 2. The number of rotatable bonds is 5. The lowest BCUT2D eigenvalue weighted by Crippen LogP contribution is -2.28. The molecule has 134 valence electrons. The van der Waals surface area contributed by atoms with Crippen LogP contribution in [0.3, 0.4) is 0 Å². The number of carbonyl (C=O) groups excluding carboxylic acids is 1. The molecule has 0 fully saturated rings. The van der Waals surface area contributed by atoms with Gasteiger partial charge in [-0.3, -0.25) is 9.48 Å². The molecular weight excluding hydrogens is 332 g/mol. The summed E-state index contributed by atoms with van der Waals surface area (Å²) in [5.41, 5.74) is 2.61. The van der Waals surface area contributed by atoms with Crippen molar-refractivity contribution in [2.24, 2.45) is 7.05 Å². The van der Waals surface area contributed by atoms with Crippen molar-refractivity contribution < 1.29 is 4.79 Å². The van der Waals surface area contributed by atoms with Crippen LogP contribution in [0.4, 0.5) is 10.5 Å². The molecule has 8 heteroatoms. The van der Waals surface area contributed by atoms with E-state index in [0.717, 1.165) is 11.3 Å². The summed E-state index contributed by atoms with van der Waals surface area (Å²) in [4.78, 5) is 23.8. The van der Waals surface area contributed by atoms with E-state index in [1.165, 1.54) is 6.07 Å². The minimum absolute atomic E-state index is 0.132. The smallest absolute Gasteiger partial charge is 0.319 e. The second-order valence-corrected chi connectivity index (χ2v) is 5.81. The van der Waals surface area contributed by atoms with Crippen molar-refractivity contribution in [3.05, 3.63) is 70.4 Å². The predicted octanol–water partition coefficient (Wildman–Crippen LogP) is 1.70. The van der Waals surface area contributed by atoms with Gasteiger partial charge < -0.3 is 10.6 Å². The number of urea groups is 1. The SMILES string of the molecule is CCNC(=O)Nc1cccc(Cc2nn(-c3cnn(C)c3)ccc2=O)c1.